The first-order valence-corrected chi connectivity index (χ1v) is 11.5. The minimum absolute atomic E-state index is 0.0896. The summed E-state index contributed by atoms with van der Waals surface area (Å²) >= 11 is 0. The van der Waals surface area contributed by atoms with Crippen LogP contribution in [0, 0.1) is 13.8 Å². The monoisotopic (exact) mass is 503 g/mol. The molecule has 37 heavy (non-hydrogen) atoms. The number of ether oxygens (including phenoxy) is 1. The number of imidazole rings is 1. The number of rotatable bonds is 8. The lowest BCUT2D eigenvalue weighted by atomic mass is 10.0. The molecule has 0 saturated heterocycles. The number of alkyl halides is 2. The van der Waals surface area contributed by atoms with Gasteiger partial charge in [-0.2, -0.15) is 13.9 Å². The molecule has 188 valence electrons. The Hall–Kier alpha value is -4.51. The summed E-state index contributed by atoms with van der Waals surface area (Å²) in [5.74, 6) is 0.999. The molecule has 5 aromatic rings. The van der Waals surface area contributed by atoms with E-state index in [-0.39, 0.29) is 12.5 Å². The van der Waals surface area contributed by atoms with Crippen molar-refractivity contribution in [1.29, 1.82) is 0 Å². The zero-order valence-electron chi connectivity index (χ0n) is 20.1. The normalized spacial score (nSPS) is 11.3. The number of benzene rings is 1. The number of hydrogen-bond acceptors (Lipinski definition) is 8. The molecule has 0 aliphatic carbocycles. The molecule has 9 nitrogen and oxygen atoms in total. The molecule has 0 unspecified atom stereocenters. The number of aliphatic hydroxyl groups is 1. The van der Waals surface area contributed by atoms with Crippen LogP contribution in [0.4, 0.5) is 20.3 Å². The molecular weight excluding hydrogens is 480 g/mol. The third-order valence-electron chi connectivity index (χ3n) is 5.75. The molecule has 11 heteroatoms. The third kappa shape index (κ3) is 5.21. The van der Waals surface area contributed by atoms with Gasteiger partial charge in [0.15, 0.2) is 5.82 Å². The van der Waals surface area contributed by atoms with Crippen LogP contribution in [0.1, 0.15) is 16.8 Å². The first kappa shape index (κ1) is 24.2. The van der Waals surface area contributed by atoms with Crippen molar-refractivity contribution >= 4 is 22.5 Å². The molecule has 0 amide bonds. The fourth-order valence-corrected chi connectivity index (χ4v) is 3.97. The molecule has 4 heterocycles. The Bertz CT molecular complexity index is 1560. The summed E-state index contributed by atoms with van der Waals surface area (Å²) in [5.41, 5.74) is 5.82. The Balaban J connectivity index is 1.53. The fourth-order valence-electron chi connectivity index (χ4n) is 3.97. The van der Waals surface area contributed by atoms with E-state index < -0.39 is 6.61 Å². The largest absolute Gasteiger partial charge is 0.417 e. The second kappa shape index (κ2) is 10.2. The van der Waals surface area contributed by atoms with Crippen molar-refractivity contribution in [1.82, 2.24) is 29.7 Å². The van der Waals surface area contributed by atoms with Gasteiger partial charge in [0.2, 0.25) is 5.88 Å². The molecule has 0 aliphatic rings. The second-order valence-electron chi connectivity index (χ2n) is 8.37. The maximum atomic E-state index is 12.8. The number of fused-ring (bicyclic) bond motifs is 1. The number of pyridine rings is 2. The molecule has 0 saturated carbocycles. The Morgan fingerprint density at radius 2 is 1.89 bits per heavy atom. The van der Waals surface area contributed by atoms with E-state index in [0.717, 1.165) is 33.5 Å². The molecule has 0 bridgehead atoms. The van der Waals surface area contributed by atoms with Crippen molar-refractivity contribution in [2.45, 2.75) is 26.9 Å². The first-order valence-electron chi connectivity index (χ1n) is 11.5. The molecule has 0 aliphatic heterocycles. The Kier molecular flexibility index (Phi) is 6.69. The maximum absolute atomic E-state index is 12.8. The van der Waals surface area contributed by atoms with Gasteiger partial charge in [0.1, 0.15) is 12.1 Å². The van der Waals surface area contributed by atoms with Crippen LogP contribution in [0.3, 0.4) is 0 Å². The molecular formula is C26H23F2N7O2. The van der Waals surface area contributed by atoms with Crippen molar-refractivity contribution in [2.24, 2.45) is 0 Å². The average molecular weight is 504 g/mol. The van der Waals surface area contributed by atoms with E-state index in [1.165, 1.54) is 12.3 Å². The van der Waals surface area contributed by atoms with Gasteiger partial charge in [-0.25, -0.2) is 15.0 Å². The van der Waals surface area contributed by atoms with Gasteiger partial charge in [0, 0.05) is 30.1 Å². The summed E-state index contributed by atoms with van der Waals surface area (Å²) in [6.45, 7) is 0.602. The van der Waals surface area contributed by atoms with Gasteiger partial charge in [0.25, 0.3) is 0 Å². The SMILES string of the molecule is Cc1ccc(Nc2ccc3c(c2)ncn3-c2ccc(CCO)c(-c3cc(OC(F)F)ncc3C)n2)nn1. The Morgan fingerprint density at radius 3 is 2.65 bits per heavy atom. The minimum atomic E-state index is -2.99. The highest BCUT2D eigenvalue weighted by Gasteiger charge is 2.16. The summed E-state index contributed by atoms with van der Waals surface area (Å²) < 4.78 is 31.9. The Morgan fingerprint density at radius 1 is 1.03 bits per heavy atom. The predicted molar refractivity (Wildman–Crippen MR) is 134 cm³/mol. The lowest BCUT2D eigenvalue weighted by molar-refractivity contribution is -0.0528. The summed E-state index contributed by atoms with van der Waals surface area (Å²) in [6, 6.07) is 14.6. The average Bonchev–Trinajstić information content (AvgIpc) is 3.30. The molecule has 0 fully saturated rings. The van der Waals surface area contributed by atoms with Crippen LogP contribution in [0.5, 0.6) is 5.88 Å². The molecule has 0 spiro atoms. The van der Waals surface area contributed by atoms with E-state index in [1.54, 1.807) is 6.33 Å². The van der Waals surface area contributed by atoms with E-state index >= 15 is 0 Å². The lowest BCUT2D eigenvalue weighted by Gasteiger charge is -2.14. The van der Waals surface area contributed by atoms with Gasteiger partial charge in [-0.1, -0.05) is 6.07 Å². The minimum Gasteiger partial charge on any atom is -0.417 e. The summed E-state index contributed by atoms with van der Waals surface area (Å²) in [5, 5.41) is 21.0. The number of nitrogens with zero attached hydrogens (tertiary/aromatic N) is 6. The van der Waals surface area contributed by atoms with E-state index in [2.05, 4.69) is 30.2 Å². The topological polar surface area (TPSA) is 111 Å². The van der Waals surface area contributed by atoms with Crippen molar-refractivity contribution in [3.63, 3.8) is 0 Å². The highest BCUT2D eigenvalue weighted by atomic mass is 19.3. The smallest absolute Gasteiger partial charge is 0.388 e. The molecule has 4 aromatic heterocycles. The van der Waals surface area contributed by atoms with Gasteiger partial charge in [-0.15, -0.1) is 5.10 Å². The highest BCUT2D eigenvalue weighted by molar-refractivity contribution is 5.82. The lowest BCUT2D eigenvalue weighted by Crippen LogP contribution is -2.06. The molecule has 5 rings (SSSR count). The van der Waals surface area contributed by atoms with Gasteiger partial charge < -0.3 is 15.2 Å². The predicted octanol–water partition coefficient (Wildman–Crippen LogP) is 4.77. The molecule has 1 aromatic carbocycles. The van der Waals surface area contributed by atoms with Gasteiger partial charge in [-0.05, 0) is 67.8 Å². The number of anilines is 2. The fraction of sp³-hybridized carbons (Fsp3) is 0.192. The van der Waals surface area contributed by atoms with Crippen LogP contribution in [0.2, 0.25) is 0 Å². The number of hydrogen-bond donors (Lipinski definition) is 2. The van der Waals surface area contributed by atoms with E-state index in [0.29, 0.717) is 29.3 Å². The number of aliphatic hydroxyl groups excluding tert-OH is 1. The number of nitrogens with one attached hydrogen (secondary N) is 1. The first-order chi connectivity index (χ1) is 17.9. The van der Waals surface area contributed by atoms with E-state index in [4.69, 9.17) is 4.98 Å². The van der Waals surface area contributed by atoms with E-state index in [1.807, 2.05) is 60.9 Å². The summed E-state index contributed by atoms with van der Waals surface area (Å²) in [4.78, 5) is 13.3. The Labute approximate surface area is 210 Å². The van der Waals surface area contributed by atoms with Crippen LogP contribution in [0.15, 0.2) is 61.1 Å². The van der Waals surface area contributed by atoms with Crippen LogP contribution in [-0.4, -0.2) is 48.0 Å². The zero-order chi connectivity index (χ0) is 25.9. The number of halogens is 2. The van der Waals surface area contributed by atoms with Crippen LogP contribution in [-0.2, 0) is 6.42 Å². The molecule has 0 atom stereocenters. The maximum Gasteiger partial charge on any atom is 0.388 e. The van der Waals surface area contributed by atoms with Crippen molar-refractivity contribution in [3.8, 4) is 23.0 Å². The van der Waals surface area contributed by atoms with Crippen molar-refractivity contribution in [2.75, 3.05) is 11.9 Å². The standard InChI is InChI=1S/C26H23F2N7O2/c1-15-13-29-24(37-26(27)28)12-19(15)25-17(9-10-36)4-8-23(32-25)35-14-30-20-11-18(5-6-21(20)35)31-22-7-3-16(2)33-34-22/h3-8,11-14,26,36H,9-10H2,1-2H3,(H,31,34). The van der Waals surface area contributed by atoms with Crippen LogP contribution < -0.4 is 10.1 Å². The number of aromatic nitrogens is 6. The van der Waals surface area contributed by atoms with Gasteiger partial charge in [0.05, 0.1) is 22.4 Å². The second-order valence-corrected chi connectivity index (χ2v) is 8.37. The van der Waals surface area contributed by atoms with Crippen LogP contribution >= 0.6 is 0 Å². The summed E-state index contributed by atoms with van der Waals surface area (Å²) in [6.07, 6.45) is 3.48. The number of aryl methyl sites for hydroxylation is 2. The van der Waals surface area contributed by atoms with Gasteiger partial charge in [-0.3, -0.25) is 4.57 Å². The molecule has 2 N–H and O–H groups in total. The van der Waals surface area contributed by atoms with Crippen LogP contribution in [0.25, 0.3) is 28.1 Å². The van der Waals surface area contributed by atoms with Gasteiger partial charge >= 0.3 is 6.61 Å². The van der Waals surface area contributed by atoms with Crippen molar-refractivity contribution < 1.29 is 18.6 Å². The highest BCUT2D eigenvalue weighted by Crippen LogP contribution is 2.30. The molecule has 0 radical (unpaired) electrons. The zero-order valence-corrected chi connectivity index (χ0v) is 20.1. The quantitative estimate of drug-likeness (QED) is 0.312. The third-order valence-corrected chi connectivity index (χ3v) is 5.75. The van der Waals surface area contributed by atoms with Crippen molar-refractivity contribution in [3.05, 3.63) is 77.9 Å². The van der Waals surface area contributed by atoms with E-state index in [9.17, 15) is 13.9 Å². The summed E-state index contributed by atoms with van der Waals surface area (Å²) in [7, 11) is 0.